The first-order chi connectivity index (χ1) is 8.53. The standard InChI is InChI=1S/C13H18N2O3/c1-15(10-2-4-11(16)5-3-10)12(17)13(14)6-8-18-9-7-13/h2-5,16H,6-9,14H2,1H3. The maximum Gasteiger partial charge on any atom is 0.246 e. The zero-order valence-electron chi connectivity index (χ0n) is 10.4. The monoisotopic (exact) mass is 250 g/mol. The average molecular weight is 250 g/mol. The Hall–Kier alpha value is -1.59. The molecular weight excluding hydrogens is 232 g/mol. The summed E-state index contributed by atoms with van der Waals surface area (Å²) in [5.74, 6) is 0.0598. The zero-order valence-corrected chi connectivity index (χ0v) is 10.4. The number of phenols is 1. The summed E-state index contributed by atoms with van der Waals surface area (Å²) in [5, 5.41) is 9.23. The van der Waals surface area contributed by atoms with E-state index in [4.69, 9.17) is 10.5 Å². The van der Waals surface area contributed by atoms with Gasteiger partial charge in [-0.2, -0.15) is 0 Å². The molecule has 0 radical (unpaired) electrons. The molecule has 0 aromatic heterocycles. The molecule has 1 saturated heterocycles. The summed E-state index contributed by atoms with van der Waals surface area (Å²) in [7, 11) is 1.69. The van der Waals surface area contributed by atoms with Crippen molar-refractivity contribution in [2.45, 2.75) is 18.4 Å². The van der Waals surface area contributed by atoms with Crippen molar-refractivity contribution >= 4 is 11.6 Å². The van der Waals surface area contributed by atoms with Crippen molar-refractivity contribution in [1.82, 2.24) is 0 Å². The summed E-state index contributed by atoms with van der Waals surface area (Å²) in [6.07, 6.45) is 1.07. The van der Waals surface area contributed by atoms with Crippen molar-refractivity contribution in [3.05, 3.63) is 24.3 Å². The van der Waals surface area contributed by atoms with Crippen molar-refractivity contribution in [1.29, 1.82) is 0 Å². The number of aromatic hydroxyl groups is 1. The van der Waals surface area contributed by atoms with Crippen molar-refractivity contribution in [3.63, 3.8) is 0 Å². The number of carbonyl (C=O) groups excluding carboxylic acids is 1. The second-order valence-electron chi connectivity index (χ2n) is 4.65. The molecule has 1 aromatic carbocycles. The zero-order chi connectivity index (χ0) is 13.2. The molecule has 18 heavy (non-hydrogen) atoms. The third-order valence-electron chi connectivity index (χ3n) is 3.35. The Morgan fingerprint density at radius 1 is 1.33 bits per heavy atom. The van der Waals surface area contributed by atoms with Crippen LogP contribution in [-0.4, -0.2) is 36.8 Å². The summed E-state index contributed by atoms with van der Waals surface area (Å²) in [4.78, 5) is 13.9. The number of ether oxygens (including phenoxy) is 1. The number of anilines is 1. The minimum absolute atomic E-state index is 0.114. The Bertz CT molecular complexity index is 424. The summed E-state index contributed by atoms with van der Waals surface area (Å²) in [6.45, 7) is 1.04. The quantitative estimate of drug-likeness (QED) is 0.816. The SMILES string of the molecule is CN(C(=O)C1(N)CCOCC1)c1ccc(O)cc1. The molecule has 3 N–H and O–H groups in total. The van der Waals surface area contributed by atoms with Crippen LogP contribution in [-0.2, 0) is 9.53 Å². The number of carbonyl (C=O) groups is 1. The highest BCUT2D eigenvalue weighted by molar-refractivity contribution is 5.99. The third kappa shape index (κ3) is 2.47. The van der Waals surface area contributed by atoms with Crippen LogP contribution in [0.1, 0.15) is 12.8 Å². The highest BCUT2D eigenvalue weighted by atomic mass is 16.5. The Morgan fingerprint density at radius 3 is 2.44 bits per heavy atom. The smallest absolute Gasteiger partial charge is 0.246 e. The Balaban J connectivity index is 2.15. The van der Waals surface area contributed by atoms with Crippen LogP contribution in [0.3, 0.4) is 0 Å². The van der Waals surface area contributed by atoms with Crippen LogP contribution in [0.25, 0.3) is 0 Å². The van der Waals surface area contributed by atoms with Gasteiger partial charge in [0.1, 0.15) is 11.3 Å². The molecule has 2 rings (SSSR count). The van der Waals surface area contributed by atoms with E-state index >= 15 is 0 Å². The van der Waals surface area contributed by atoms with Gasteiger partial charge in [-0.1, -0.05) is 0 Å². The lowest BCUT2D eigenvalue weighted by molar-refractivity contribution is -0.126. The van der Waals surface area contributed by atoms with Crippen LogP contribution in [0.15, 0.2) is 24.3 Å². The van der Waals surface area contributed by atoms with Gasteiger partial charge in [-0.15, -0.1) is 0 Å². The van der Waals surface area contributed by atoms with E-state index in [2.05, 4.69) is 0 Å². The van der Waals surface area contributed by atoms with Crippen molar-refractivity contribution in [2.24, 2.45) is 5.73 Å². The number of hydrogen-bond acceptors (Lipinski definition) is 4. The van der Waals surface area contributed by atoms with Crippen LogP contribution in [0, 0.1) is 0 Å². The summed E-state index contributed by atoms with van der Waals surface area (Å²) < 4.78 is 5.23. The summed E-state index contributed by atoms with van der Waals surface area (Å²) in [5.41, 5.74) is 6.02. The third-order valence-corrected chi connectivity index (χ3v) is 3.35. The fraction of sp³-hybridized carbons (Fsp3) is 0.462. The Kier molecular flexibility index (Phi) is 3.54. The van der Waals surface area contributed by atoms with Gasteiger partial charge >= 0.3 is 0 Å². The first-order valence-corrected chi connectivity index (χ1v) is 5.97. The number of likely N-dealkylation sites (N-methyl/N-ethyl adjacent to an activating group) is 1. The molecule has 0 atom stereocenters. The maximum absolute atomic E-state index is 12.4. The fourth-order valence-corrected chi connectivity index (χ4v) is 2.08. The highest BCUT2D eigenvalue weighted by Crippen LogP contribution is 2.24. The molecule has 1 fully saturated rings. The van der Waals surface area contributed by atoms with Gasteiger partial charge in [-0.05, 0) is 37.1 Å². The van der Waals surface area contributed by atoms with E-state index in [0.29, 0.717) is 31.7 Å². The first kappa shape index (κ1) is 12.9. The molecular formula is C13H18N2O3. The number of hydrogen-bond donors (Lipinski definition) is 2. The van der Waals surface area contributed by atoms with E-state index in [9.17, 15) is 9.90 Å². The number of rotatable bonds is 2. The highest BCUT2D eigenvalue weighted by Gasteiger charge is 2.38. The fourth-order valence-electron chi connectivity index (χ4n) is 2.08. The topological polar surface area (TPSA) is 75.8 Å². The second kappa shape index (κ2) is 4.96. The molecule has 1 aliphatic rings. The lowest BCUT2D eigenvalue weighted by Crippen LogP contribution is -2.57. The molecule has 0 unspecified atom stereocenters. The molecule has 5 heteroatoms. The van der Waals surface area contributed by atoms with Gasteiger partial charge in [0, 0.05) is 25.9 Å². The lowest BCUT2D eigenvalue weighted by Gasteiger charge is -2.35. The molecule has 0 aliphatic carbocycles. The minimum atomic E-state index is -0.842. The second-order valence-corrected chi connectivity index (χ2v) is 4.65. The van der Waals surface area contributed by atoms with Crippen LogP contribution in [0.4, 0.5) is 5.69 Å². The molecule has 98 valence electrons. The molecule has 0 bridgehead atoms. The number of nitrogens with two attached hydrogens (primary N) is 1. The Morgan fingerprint density at radius 2 is 1.89 bits per heavy atom. The lowest BCUT2D eigenvalue weighted by atomic mass is 9.89. The molecule has 0 saturated carbocycles. The van der Waals surface area contributed by atoms with E-state index in [-0.39, 0.29) is 11.7 Å². The molecule has 1 aromatic rings. The predicted octanol–water partition coefficient (Wildman–Crippen LogP) is 0.863. The van der Waals surface area contributed by atoms with Crippen molar-refractivity contribution in [3.8, 4) is 5.75 Å². The number of nitrogens with zero attached hydrogens (tertiary/aromatic N) is 1. The van der Waals surface area contributed by atoms with Gasteiger partial charge in [0.2, 0.25) is 5.91 Å². The van der Waals surface area contributed by atoms with Gasteiger partial charge in [-0.3, -0.25) is 4.79 Å². The van der Waals surface area contributed by atoms with Crippen LogP contribution >= 0.6 is 0 Å². The summed E-state index contributed by atoms with van der Waals surface area (Å²) in [6, 6.07) is 6.48. The predicted molar refractivity (Wildman–Crippen MR) is 68.5 cm³/mol. The van der Waals surface area contributed by atoms with Crippen LogP contribution in [0.5, 0.6) is 5.75 Å². The largest absolute Gasteiger partial charge is 0.508 e. The minimum Gasteiger partial charge on any atom is -0.508 e. The van der Waals surface area contributed by atoms with Gasteiger partial charge in [0.05, 0.1) is 0 Å². The van der Waals surface area contributed by atoms with Crippen LogP contribution < -0.4 is 10.6 Å². The number of phenolic OH excluding ortho intramolecular Hbond substituents is 1. The molecule has 0 spiro atoms. The molecule has 1 aliphatic heterocycles. The van der Waals surface area contributed by atoms with E-state index in [1.54, 1.807) is 31.3 Å². The van der Waals surface area contributed by atoms with Crippen LogP contribution in [0.2, 0.25) is 0 Å². The molecule has 5 nitrogen and oxygen atoms in total. The van der Waals surface area contributed by atoms with Gasteiger partial charge in [-0.25, -0.2) is 0 Å². The number of amides is 1. The Labute approximate surface area is 106 Å². The van der Waals surface area contributed by atoms with E-state index in [1.807, 2.05) is 0 Å². The van der Waals surface area contributed by atoms with E-state index in [1.165, 1.54) is 4.90 Å². The van der Waals surface area contributed by atoms with Crippen molar-refractivity contribution < 1.29 is 14.6 Å². The van der Waals surface area contributed by atoms with Gasteiger partial charge in [0.15, 0.2) is 0 Å². The van der Waals surface area contributed by atoms with Crippen molar-refractivity contribution in [2.75, 3.05) is 25.2 Å². The van der Waals surface area contributed by atoms with Gasteiger partial charge in [0.25, 0.3) is 0 Å². The normalized spacial score (nSPS) is 18.3. The number of benzene rings is 1. The maximum atomic E-state index is 12.4. The molecule has 1 amide bonds. The summed E-state index contributed by atoms with van der Waals surface area (Å²) >= 11 is 0. The van der Waals surface area contributed by atoms with E-state index in [0.717, 1.165) is 0 Å². The van der Waals surface area contributed by atoms with Gasteiger partial charge < -0.3 is 20.5 Å². The first-order valence-electron chi connectivity index (χ1n) is 5.97. The molecule has 1 heterocycles. The average Bonchev–Trinajstić information content (AvgIpc) is 2.39. The van der Waals surface area contributed by atoms with E-state index < -0.39 is 5.54 Å².